The van der Waals surface area contributed by atoms with Crippen molar-refractivity contribution >= 4 is 13.2 Å². The molecule has 1 fully saturated rings. The van der Waals surface area contributed by atoms with Gasteiger partial charge in [0.05, 0.1) is 23.4 Å². The molecule has 1 aliphatic heterocycles. The van der Waals surface area contributed by atoms with Crippen LogP contribution in [0.2, 0.25) is 0 Å². The fourth-order valence-electron chi connectivity index (χ4n) is 2.29. The largest absolute Gasteiger partial charge is 0.492 e. The van der Waals surface area contributed by atoms with Crippen LogP contribution in [0.15, 0.2) is 23.7 Å². The highest BCUT2D eigenvalue weighted by atomic mass is 19.4. The average molecular weight is 346 g/mol. The topological polar surface area (TPSA) is 38.7 Å². The Balaban J connectivity index is 2.44. The predicted octanol–water partition coefficient (Wildman–Crippen LogP) is 3.85. The molecule has 0 spiro atoms. The molecule has 24 heavy (non-hydrogen) atoms. The lowest BCUT2D eigenvalue weighted by Gasteiger charge is -2.32. The van der Waals surface area contributed by atoms with Gasteiger partial charge in [0, 0.05) is 0 Å². The van der Waals surface area contributed by atoms with Crippen LogP contribution in [0.3, 0.4) is 0 Å². The number of benzene rings is 1. The molecule has 1 aromatic carbocycles. The van der Waals surface area contributed by atoms with Gasteiger partial charge >= 0.3 is 13.3 Å². The van der Waals surface area contributed by atoms with Gasteiger partial charge in [-0.25, -0.2) is 4.39 Å². The highest BCUT2D eigenvalue weighted by Crippen LogP contribution is 2.39. The van der Waals surface area contributed by atoms with E-state index in [9.17, 15) is 22.7 Å². The molecule has 3 nitrogen and oxygen atoms in total. The second kappa shape index (κ2) is 6.17. The van der Waals surface area contributed by atoms with Gasteiger partial charge in [0.1, 0.15) is 5.82 Å². The number of hydrogen-bond acceptors (Lipinski definition) is 3. The minimum Gasteiger partial charge on any atom is -0.400 e. The second-order valence-corrected chi connectivity index (χ2v) is 6.69. The quantitative estimate of drug-likeness (QED) is 0.667. The van der Waals surface area contributed by atoms with Crippen LogP contribution in [0.5, 0.6) is 0 Å². The van der Waals surface area contributed by atoms with Crippen molar-refractivity contribution in [3.63, 3.8) is 0 Å². The number of hydrogen-bond donors (Lipinski definition) is 1. The van der Waals surface area contributed by atoms with Gasteiger partial charge in [0.2, 0.25) is 0 Å². The Morgan fingerprint density at radius 2 is 1.71 bits per heavy atom. The third kappa shape index (κ3) is 3.65. The van der Waals surface area contributed by atoms with Crippen molar-refractivity contribution in [3.8, 4) is 0 Å². The van der Waals surface area contributed by atoms with Crippen molar-refractivity contribution in [1.82, 2.24) is 0 Å². The third-order valence-electron chi connectivity index (χ3n) is 4.40. The molecule has 0 aromatic heterocycles. The highest BCUT2D eigenvalue weighted by molar-refractivity contribution is 6.55. The van der Waals surface area contributed by atoms with Gasteiger partial charge in [-0.2, -0.15) is 13.2 Å². The Morgan fingerprint density at radius 3 is 2.17 bits per heavy atom. The van der Waals surface area contributed by atoms with Crippen LogP contribution in [-0.4, -0.2) is 30.0 Å². The van der Waals surface area contributed by atoms with Gasteiger partial charge in [0.15, 0.2) is 0 Å². The van der Waals surface area contributed by atoms with Crippen molar-refractivity contribution in [2.24, 2.45) is 0 Å². The zero-order valence-corrected chi connectivity index (χ0v) is 13.9. The summed E-state index contributed by atoms with van der Waals surface area (Å²) in [5.74, 6) is -0.805. The average Bonchev–Trinajstić information content (AvgIpc) is 2.63. The molecule has 1 heterocycles. The smallest absolute Gasteiger partial charge is 0.400 e. The number of rotatable bonds is 3. The van der Waals surface area contributed by atoms with E-state index in [0.717, 1.165) is 18.2 Å². The molecule has 1 aromatic rings. The maximum atomic E-state index is 13.4. The summed E-state index contributed by atoms with van der Waals surface area (Å²) in [5, 5.41) is 9.55. The minimum absolute atomic E-state index is 0.0877. The van der Waals surface area contributed by atoms with Crippen LogP contribution in [0.1, 0.15) is 38.8 Å². The van der Waals surface area contributed by atoms with E-state index in [2.05, 4.69) is 0 Å². The second-order valence-electron chi connectivity index (χ2n) is 6.69. The molecule has 0 unspecified atom stereocenters. The zero-order chi connectivity index (χ0) is 18.3. The summed E-state index contributed by atoms with van der Waals surface area (Å²) >= 11 is 0. The molecule has 0 amide bonds. The number of aliphatic hydroxyl groups excluding tert-OH is 1. The van der Waals surface area contributed by atoms with Crippen LogP contribution in [-0.2, 0) is 15.5 Å². The van der Waals surface area contributed by atoms with Crippen LogP contribution in [0.4, 0.5) is 17.6 Å². The van der Waals surface area contributed by atoms with E-state index in [1.165, 1.54) is 0 Å². The lowest BCUT2D eigenvalue weighted by atomic mass is 9.77. The monoisotopic (exact) mass is 346 g/mol. The molecule has 1 aliphatic rings. The van der Waals surface area contributed by atoms with Crippen LogP contribution < -0.4 is 0 Å². The van der Waals surface area contributed by atoms with Gasteiger partial charge in [-0.05, 0) is 56.9 Å². The van der Waals surface area contributed by atoms with E-state index in [-0.39, 0.29) is 11.0 Å². The molecule has 8 heteroatoms. The molecule has 0 atom stereocenters. The molecule has 1 saturated heterocycles. The lowest BCUT2D eigenvalue weighted by molar-refractivity contribution is -0.137. The van der Waals surface area contributed by atoms with Gasteiger partial charge in [0.25, 0.3) is 0 Å². The highest BCUT2D eigenvalue weighted by Gasteiger charge is 2.52. The molecular weight excluding hydrogens is 327 g/mol. The maximum Gasteiger partial charge on any atom is 0.492 e. The lowest BCUT2D eigenvalue weighted by Crippen LogP contribution is -2.41. The Morgan fingerprint density at radius 1 is 1.17 bits per heavy atom. The third-order valence-corrected chi connectivity index (χ3v) is 4.40. The molecular formula is C16H19BF4O3. The molecule has 2 rings (SSSR count). The summed E-state index contributed by atoms with van der Waals surface area (Å²) < 4.78 is 64.1. The zero-order valence-electron chi connectivity index (χ0n) is 13.9. The Labute approximate surface area is 138 Å². The van der Waals surface area contributed by atoms with Gasteiger partial charge in [-0.15, -0.1) is 0 Å². The van der Waals surface area contributed by atoms with Gasteiger partial charge in [-0.1, -0.05) is 6.08 Å². The summed E-state index contributed by atoms with van der Waals surface area (Å²) in [5.41, 5.74) is -2.71. The van der Waals surface area contributed by atoms with Crippen LogP contribution >= 0.6 is 0 Å². The molecule has 0 saturated carbocycles. The molecule has 0 aliphatic carbocycles. The first-order valence-corrected chi connectivity index (χ1v) is 7.41. The Bertz CT molecular complexity index is 637. The molecule has 0 bridgehead atoms. The summed E-state index contributed by atoms with van der Waals surface area (Å²) in [6.45, 7) is 6.55. The first-order valence-electron chi connectivity index (χ1n) is 7.41. The van der Waals surface area contributed by atoms with Crippen molar-refractivity contribution in [3.05, 3.63) is 40.6 Å². The SMILES string of the molecule is CC1(C)OB(C(=Cc2cc(F)ccc2C(F)(F)F)CO)OC1(C)C. The Kier molecular flexibility index (Phi) is 4.87. The summed E-state index contributed by atoms with van der Waals surface area (Å²) in [6, 6.07) is 2.18. The maximum absolute atomic E-state index is 13.4. The number of aliphatic hydroxyl groups is 1. The molecule has 1 N–H and O–H groups in total. The first kappa shape index (κ1) is 19.0. The van der Waals surface area contributed by atoms with Crippen LogP contribution in [0.25, 0.3) is 6.08 Å². The first-order chi connectivity index (χ1) is 10.9. The van der Waals surface area contributed by atoms with E-state index in [0.29, 0.717) is 6.07 Å². The molecule has 0 radical (unpaired) electrons. The van der Waals surface area contributed by atoms with E-state index in [1.807, 2.05) is 0 Å². The van der Waals surface area contributed by atoms with Crippen molar-refractivity contribution < 1.29 is 32.0 Å². The number of alkyl halides is 3. The van der Waals surface area contributed by atoms with E-state index in [1.54, 1.807) is 27.7 Å². The Hall–Kier alpha value is -1.38. The van der Waals surface area contributed by atoms with Crippen molar-refractivity contribution in [2.45, 2.75) is 45.1 Å². The van der Waals surface area contributed by atoms with Crippen molar-refractivity contribution in [2.75, 3.05) is 6.61 Å². The predicted molar refractivity (Wildman–Crippen MR) is 82.5 cm³/mol. The van der Waals surface area contributed by atoms with E-state index >= 15 is 0 Å². The fourth-order valence-corrected chi connectivity index (χ4v) is 2.29. The van der Waals surface area contributed by atoms with Gasteiger partial charge < -0.3 is 14.4 Å². The number of halogens is 4. The fraction of sp³-hybridized carbons (Fsp3) is 0.500. The summed E-state index contributed by atoms with van der Waals surface area (Å²) in [7, 11) is -1.01. The standard InChI is InChI=1S/C16H19BF4O3/c1-14(2)15(3,4)24-17(23-14)11(9-22)7-10-8-12(18)5-6-13(10)16(19,20)21/h5-8,22H,9H2,1-4H3. The summed E-state index contributed by atoms with van der Waals surface area (Å²) in [4.78, 5) is 0. The molecule has 132 valence electrons. The van der Waals surface area contributed by atoms with Gasteiger partial charge in [-0.3, -0.25) is 0 Å². The van der Waals surface area contributed by atoms with E-state index in [4.69, 9.17) is 9.31 Å². The minimum atomic E-state index is -4.64. The summed E-state index contributed by atoms with van der Waals surface area (Å²) in [6.07, 6.45) is -3.58. The van der Waals surface area contributed by atoms with Crippen molar-refractivity contribution in [1.29, 1.82) is 0 Å². The van der Waals surface area contributed by atoms with E-state index < -0.39 is 42.5 Å². The van der Waals surface area contributed by atoms with Crippen LogP contribution in [0, 0.1) is 5.82 Å². The normalized spacial score (nSPS) is 20.5.